The van der Waals surface area contributed by atoms with E-state index < -0.39 is 156 Å². The summed E-state index contributed by atoms with van der Waals surface area (Å²) in [7, 11) is -5.70. The van der Waals surface area contributed by atoms with Gasteiger partial charge in [0, 0.05) is 19.3 Å². The van der Waals surface area contributed by atoms with Crippen LogP contribution in [0, 0.1) is 0 Å². The quantitative estimate of drug-likeness (QED) is 0.00886. The Kier molecular flexibility index (Phi) is 50.3. The van der Waals surface area contributed by atoms with E-state index in [1.54, 1.807) is 0 Å². The maximum atomic E-state index is 14.3. The van der Waals surface area contributed by atoms with E-state index in [9.17, 15) is 74.9 Å². The maximum absolute atomic E-state index is 14.3. The van der Waals surface area contributed by atoms with Gasteiger partial charge in [0.15, 0.2) is 18.7 Å². The number of allylic oxidation sites excluding steroid dienone is 4. The highest BCUT2D eigenvalue weighted by molar-refractivity contribution is 7.47. The number of phosphoric ester groups is 1. The molecule has 25 heteroatoms. The summed E-state index contributed by atoms with van der Waals surface area (Å²) in [6.45, 7) is 3.41. The van der Waals surface area contributed by atoms with Crippen LogP contribution in [0.25, 0.3) is 0 Å². The Morgan fingerprint density at radius 1 is 0.388 bits per heavy atom. The molecule has 3 fully saturated rings. The summed E-state index contributed by atoms with van der Waals surface area (Å²) in [6, 6.07) is 0. The Labute approximate surface area is 585 Å². The molecule has 3 rings (SSSR count). The van der Waals surface area contributed by atoms with Crippen LogP contribution in [0.3, 0.4) is 0 Å². The van der Waals surface area contributed by atoms with Crippen LogP contribution in [-0.4, -0.2) is 204 Å². The summed E-state index contributed by atoms with van der Waals surface area (Å²) in [5, 5.41) is 110. The van der Waals surface area contributed by atoms with Crippen LogP contribution in [0.2, 0.25) is 0 Å². The van der Waals surface area contributed by atoms with Crippen LogP contribution in [0.1, 0.15) is 290 Å². The Morgan fingerprint density at radius 2 is 0.714 bits per heavy atom. The molecule has 0 spiro atoms. The lowest BCUT2D eigenvalue weighted by molar-refractivity contribution is -0.360. The van der Waals surface area contributed by atoms with Crippen LogP contribution in [0.4, 0.5) is 0 Å². The van der Waals surface area contributed by atoms with Crippen molar-refractivity contribution in [1.82, 2.24) is 0 Å². The third-order valence-electron chi connectivity index (χ3n) is 18.7. The summed E-state index contributed by atoms with van der Waals surface area (Å²) in [5.41, 5.74) is 0. The second-order valence-electron chi connectivity index (χ2n) is 27.4. The van der Waals surface area contributed by atoms with Gasteiger partial charge in [0.2, 0.25) is 0 Å². The molecule has 1 aliphatic carbocycles. The highest BCUT2D eigenvalue weighted by Crippen LogP contribution is 2.49. The summed E-state index contributed by atoms with van der Waals surface area (Å²) in [5.74, 6) is -2.02. The molecule has 18 atom stereocenters. The van der Waals surface area contributed by atoms with E-state index in [4.69, 9.17) is 42.2 Å². The molecule has 0 bridgehead atoms. The van der Waals surface area contributed by atoms with Crippen molar-refractivity contribution in [2.24, 2.45) is 0 Å². The van der Waals surface area contributed by atoms with Gasteiger partial charge in [0.05, 0.1) is 13.2 Å². The van der Waals surface area contributed by atoms with E-state index in [0.29, 0.717) is 25.7 Å². The largest absolute Gasteiger partial charge is 0.472 e. The monoisotopic (exact) mass is 1420 g/mol. The van der Waals surface area contributed by atoms with Gasteiger partial charge in [0.1, 0.15) is 98.7 Å². The van der Waals surface area contributed by atoms with Crippen molar-refractivity contribution in [1.29, 1.82) is 0 Å². The molecule has 3 aliphatic rings. The summed E-state index contributed by atoms with van der Waals surface area (Å²) in [6.07, 6.45) is 15.4. The number of carbonyl (C=O) groups is 3. The molecule has 2 heterocycles. The van der Waals surface area contributed by atoms with E-state index in [-0.39, 0.29) is 19.3 Å². The molecule has 0 radical (unpaired) electrons. The molecule has 0 aromatic heterocycles. The van der Waals surface area contributed by atoms with Crippen molar-refractivity contribution >= 4 is 25.7 Å². The number of unbranched alkanes of at least 4 members (excludes halogenated alkanes) is 34. The Balaban J connectivity index is 1.73. The normalized spacial score (nSPS) is 27.7. The van der Waals surface area contributed by atoms with Crippen molar-refractivity contribution in [2.45, 2.75) is 395 Å². The van der Waals surface area contributed by atoms with Gasteiger partial charge >= 0.3 is 25.7 Å². The smallest absolute Gasteiger partial charge is 0.463 e. The molecule has 18 unspecified atom stereocenters. The SMILES string of the molecule is CCCCCCCC/C=C\CCCCCC(=O)OCC1OC(OC2C(O)C(O)C(O)C(OC3OC(CO)C(O)C(O)C3O)C2OP(=O)(O)OCC(COC(=O)CCCCCCCCCCCCCCCCCCC)OC(=O)CCCCC/C=C\CCCCCCCC)C(O)C(O)C1O. The molecule has 24 nitrogen and oxygen atoms in total. The number of carbonyl (C=O) groups excluding carboxylic acids is 3. The molecule has 0 aromatic rings. The van der Waals surface area contributed by atoms with Crippen LogP contribution >= 0.6 is 7.82 Å². The van der Waals surface area contributed by atoms with Crippen molar-refractivity contribution in [2.75, 3.05) is 26.4 Å². The fourth-order valence-electron chi connectivity index (χ4n) is 12.5. The van der Waals surface area contributed by atoms with Gasteiger partial charge in [-0.1, -0.05) is 225 Å². The Hall–Kier alpha value is -2.56. The molecule has 98 heavy (non-hydrogen) atoms. The number of phosphoric acid groups is 1. The fraction of sp³-hybridized carbons (Fsp3) is 0.904. The third kappa shape index (κ3) is 37.7. The van der Waals surface area contributed by atoms with E-state index >= 15 is 0 Å². The number of ether oxygens (including phenoxy) is 7. The first-order chi connectivity index (χ1) is 47.3. The molecular formula is C73H133O24P. The lowest BCUT2D eigenvalue weighted by atomic mass is 9.84. The molecule has 11 N–H and O–H groups in total. The zero-order valence-electron chi connectivity index (χ0n) is 59.8. The van der Waals surface area contributed by atoms with Crippen LogP contribution in [0.15, 0.2) is 24.3 Å². The minimum atomic E-state index is -5.70. The minimum absolute atomic E-state index is 0.00760. The average molecular weight is 1430 g/mol. The Morgan fingerprint density at radius 3 is 1.11 bits per heavy atom. The summed E-state index contributed by atoms with van der Waals surface area (Å²) >= 11 is 0. The first kappa shape index (κ1) is 89.7. The van der Waals surface area contributed by atoms with E-state index in [2.05, 4.69) is 45.1 Å². The second-order valence-corrected chi connectivity index (χ2v) is 28.8. The fourth-order valence-corrected chi connectivity index (χ4v) is 13.4. The number of aliphatic hydroxyl groups excluding tert-OH is 10. The standard InChI is InChI=1S/C73H133O24P/c1-4-7-10-13-16-19-22-25-26-27-28-31-33-35-38-41-44-47-57(75)89-51-54(92-59(77)49-46-43-40-37-34-30-24-21-18-15-12-9-6-3)52-91-98(87,88)97-71-69(95-72-67(85)62(80)60(78)55(50-74)93-72)65(83)64(82)66(84)70(71)96-73-68(86)63(81)61(79)56(94-73)53-90-58(76)48-45-42-39-36-32-29-23-20-17-14-11-8-5-2/h29-30,32,34,54-56,60-74,78-86H,4-28,31,33,35-53H2,1-3H3,(H,87,88)/b32-29-,34-30-. The first-order valence-electron chi connectivity index (χ1n) is 38.1. The van der Waals surface area contributed by atoms with Gasteiger partial charge in [-0.05, 0) is 70.6 Å². The number of esters is 3. The lowest BCUT2D eigenvalue weighted by Crippen LogP contribution is -2.69. The van der Waals surface area contributed by atoms with Gasteiger partial charge < -0.3 is 89.1 Å². The first-order valence-corrected chi connectivity index (χ1v) is 39.6. The predicted octanol–water partition coefficient (Wildman–Crippen LogP) is 10.5. The molecule has 1 saturated carbocycles. The Bertz CT molecular complexity index is 2120. The van der Waals surface area contributed by atoms with Crippen molar-refractivity contribution in [3.05, 3.63) is 24.3 Å². The lowest BCUT2D eigenvalue weighted by Gasteiger charge is -2.49. The number of hydrogen-bond acceptors (Lipinski definition) is 23. The van der Waals surface area contributed by atoms with Crippen LogP contribution in [0.5, 0.6) is 0 Å². The third-order valence-corrected chi connectivity index (χ3v) is 19.7. The van der Waals surface area contributed by atoms with Crippen molar-refractivity contribution < 1.29 is 117 Å². The van der Waals surface area contributed by atoms with Gasteiger partial charge in [-0.2, -0.15) is 0 Å². The molecular weight excluding hydrogens is 1290 g/mol. The molecule has 0 aromatic carbocycles. The second kappa shape index (κ2) is 55.0. The zero-order chi connectivity index (χ0) is 71.8. The van der Waals surface area contributed by atoms with Gasteiger partial charge in [-0.15, -0.1) is 0 Å². The highest BCUT2D eigenvalue weighted by atomic mass is 31.2. The zero-order valence-corrected chi connectivity index (χ0v) is 60.7. The van der Waals surface area contributed by atoms with Crippen LogP contribution in [-0.2, 0) is 61.2 Å². The van der Waals surface area contributed by atoms with Crippen molar-refractivity contribution in [3.63, 3.8) is 0 Å². The van der Waals surface area contributed by atoms with Gasteiger partial charge in [-0.25, -0.2) is 4.57 Å². The number of hydrogen-bond donors (Lipinski definition) is 11. The molecule has 0 amide bonds. The summed E-state index contributed by atoms with van der Waals surface area (Å²) in [4.78, 5) is 51.0. The number of rotatable bonds is 59. The average Bonchev–Trinajstić information content (AvgIpc) is 0.764. The summed E-state index contributed by atoms with van der Waals surface area (Å²) < 4.78 is 65.0. The predicted molar refractivity (Wildman–Crippen MR) is 370 cm³/mol. The highest BCUT2D eigenvalue weighted by Gasteiger charge is 2.58. The van der Waals surface area contributed by atoms with Gasteiger partial charge in [-0.3, -0.25) is 23.4 Å². The molecule has 574 valence electrons. The van der Waals surface area contributed by atoms with E-state index in [1.807, 2.05) is 0 Å². The van der Waals surface area contributed by atoms with E-state index in [0.717, 1.165) is 83.5 Å². The van der Waals surface area contributed by atoms with Crippen LogP contribution < -0.4 is 0 Å². The maximum Gasteiger partial charge on any atom is 0.472 e. The molecule has 2 saturated heterocycles. The molecule has 2 aliphatic heterocycles. The minimum Gasteiger partial charge on any atom is -0.463 e. The van der Waals surface area contributed by atoms with Gasteiger partial charge in [0.25, 0.3) is 0 Å². The van der Waals surface area contributed by atoms with E-state index in [1.165, 1.54) is 141 Å². The van der Waals surface area contributed by atoms with Crippen molar-refractivity contribution in [3.8, 4) is 0 Å². The topological polar surface area (TPSA) is 374 Å². The number of aliphatic hydroxyl groups is 10.